The standard InChI is InChI=1S/C13H25NO2Si/c1-5-8-14(6-2)11-13-12-15-9-7-10-17(3,4)16-13/h5-6,13H,1-2,7-12H2,3-4H3. The van der Waals surface area contributed by atoms with Crippen LogP contribution in [0.5, 0.6) is 0 Å². The van der Waals surface area contributed by atoms with Crippen molar-refractivity contribution in [2.24, 2.45) is 0 Å². The van der Waals surface area contributed by atoms with E-state index in [1.165, 1.54) is 6.04 Å². The van der Waals surface area contributed by atoms with Gasteiger partial charge < -0.3 is 14.1 Å². The van der Waals surface area contributed by atoms with Gasteiger partial charge in [-0.25, -0.2) is 0 Å². The van der Waals surface area contributed by atoms with Gasteiger partial charge >= 0.3 is 0 Å². The summed E-state index contributed by atoms with van der Waals surface area (Å²) >= 11 is 0. The van der Waals surface area contributed by atoms with Gasteiger partial charge in [-0.2, -0.15) is 0 Å². The highest BCUT2D eigenvalue weighted by molar-refractivity contribution is 6.71. The smallest absolute Gasteiger partial charge is 0.187 e. The molecule has 0 aromatic rings. The second kappa shape index (κ2) is 6.99. The van der Waals surface area contributed by atoms with Crippen LogP contribution in [0.25, 0.3) is 0 Å². The molecule has 1 fully saturated rings. The van der Waals surface area contributed by atoms with Crippen LogP contribution < -0.4 is 0 Å². The molecule has 1 aliphatic heterocycles. The molecule has 17 heavy (non-hydrogen) atoms. The zero-order chi connectivity index (χ0) is 12.7. The van der Waals surface area contributed by atoms with Crippen molar-refractivity contribution < 1.29 is 9.16 Å². The minimum absolute atomic E-state index is 0.162. The predicted molar refractivity (Wildman–Crippen MR) is 74.6 cm³/mol. The fourth-order valence-corrected chi connectivity index (χ4v) is 4.26. The van der Waals surface area contributed by atoms with E-state index in [0.29, 0.717) is 6.61 Å². The minimum Gasteiger partial charge on any atom is -0.410 e. The van der Waals surface area contributed by atoms with Crippen molar-refractivity contribution in [1.82, 2.24) is 4.90 Å². The van der Waals surface area contributed by atoms with Crippen LogP contribution in [0, 0.1) is 0 Å². The lowest BCUT2D eigenvalue weighted by molar-refractivity contribution is 0.0248. The molecule has 1 atom stereocenters. The van der Waals surface area contributed by atoms with Crippen molar-refractivity contribution in [2.45, 2.75) is 31.7 Å². The van der Waals surface area contributed by atoms with E-state index in [9.17, 15) is 0 Å². The van der Waals surface area contributed by atoms with E-state index in [2.05, 4.69) is 31.2 Å². The SMILES string of the molecule is C=CCN(C=C)CC1COCCC[Si](C)(C)O1. The molecule has 0 aromatic carbocycles. The first-order chi connectivity index (χ1) is 8.07. The van der Waals surface area contributed by atoms with E-state index < -0.39 is 8.32 Å². The number of hydrogen-bond acceptors (Lipinski definition) is 3. The molecule has 1 unspecified atom stereocenters. The second-order valence-corrected chi connectivity index (χ2v) is 9.36. The summed E-state index contributed by atoms with van der Waals surface area (Å²) in [5.41, 5.74) is 0. The Morgan fingerprint density at radius 3 is 2.82 bits per heavy atom. The molecule has 0 aliphatic carbocycles. The van der Waals surface area contributed by atoms with Crippen molar-refractivity contribution in [2.75, 3.05) is 26.3 Å². The van der Waals surface area contributed by atoms with Crippen LogP contribution in [0.4, 0.5) is 0 Å². The first-order valence-electron chi connectivity index (χ1n) is 6.30. The fraction of sp³-hybridized carbons (Fsp3) is 0.692. The van der Waals surface area contributed by atoms with Gasteiger partial charge in [0.05, 0.1) is 12.7 Å². The fourth-order valence-electron chi connectivity index (χ4n) is 2.10. The molecule has 0 aromatic heterocycles. The predicted octanol–water partition coefficient (Wildman–Crippen LogP) is 2.63. The molecule has 0 N–H and O–H groups in total. The van der Waals surface area contributed by atoms with E-state index in [-0.39, 0.29) is 6.10 Å². The van der Waals surface area contributed by atoms with E-state index in [1.54, 1.807) is 0 Å². The molecule has 4 heteroatoms. The Hall–Kier alpha value is -0.583. The third-order valence-corrected chi connectivity index (χ3v) is 5.45. The Labute approximate surface area is 106 Å². The summed E-state index contributed by atoms with van der Waals surface area (Å²) in [6.07, 6.45) is 5.02. The van der Waals surface area contributed by atoms with Crippen LogP contribution in [0.2, 0.25) is 19.1 Å². The summed E-state index contributed by atoms with van der Waals surface area (Å²) in [5, 5.41) is 0. The van der Waals surface area contributed by atoms with Crippen LogP contribution in [-0.4, -0.2) is 45.6 Å². The topological polar surface area (TPSA) is 21.7 Å². The summed E-state index contributed by atoms with van der Waals surface area (Å²) in [6, 6.07) is 1.18. The van der Waals surface area contributed by atoms with Gasteiger partial charge in [0.15, 0.2) is 8.32 Å². The monoisotopic (exact) mass is 255 g/mol. The second-order valence-electron chi connectivity index (χ2n) is 5.10. The molecule has 1 saturated heterocycles. The average molecular weight is 255 g/mol. The van der Waals surface area contributed by atoms with Crippen LogP contribution in [0.1, 0.15) is 6.42 Å². The van der Waals surface area contributed by atoms with Crippen LogP contribution in [-0.2, 0) is 9.16 Å². The van der Waals surface area contributed by atoms with Gasteiger partial charge in [-0.15, -0.1) is 6.58 Å². The number of rotatable bonds is 5. The first kappa shape index (κ1) is 14.5. The van der Waals surface area contributed by atoms with E-state index in [4.69, 9.17) is 9.16 Å². The summed E-state index contributed by atoms with van der Waals surface area (Å²) in [6.45, 7) is 15.4. The van der Waals surface area contributed by atoms with Gasteiger partial charge in [-0.1, -0.05) is 12.7 Å². The molecule has 3 nitrogen and oxygen atoms in total. The van der Waals surface area contributed by atoms with Gasteiger partial charge in [0.1, 0.15) is 0 Å². The Morgan fingerprint density at radius 1 is 1.41 bits per heavy atom. The van der Waals surface area contributed by atoms with Gasteiger partial charge in [0.2, 0.25) is 0 Å². The van der Waals surface area contributed by atoms with Gasteiger partial charge in [-0.05, 0) is 31.8 Å². The molecule has 0 saturated carbocycles. The normalized spacial score (nSPS) is 24.5. The van der Waals surface area contributed by atoms with Gasteiger partial charge in [-0.3, -0.25) is 0 Å². The highest BCUT2D eigenvalue weighted by Gasteiger charge is 2.28. The third kappa shape index (κ3) is 5.52. The quantitative estimate of drug-likeness (QED) is 0.557. The summed E-state index contributed by atoms with van der Waals surface area (Å²) < 4.78 is 11.9. The highest BCUT2D eigenvalue weighted by atomic mass is 28.4. The van der Waals surface area contributed by atoms with Crippen molar-refractivity contribution in [3.8, 4) is 0 Å². The maximum atomic E-state index is 6.25. The lowest BCUT2D eigenvalue weighted by Gasteiger charge is -2.34. The summed E-state index contributed by atoms with van der Waals surface area (Å²) in [4.78, 5) is 2.12. The van der Waals surface area contributed by atoms with Crippen LogP contribution in [0.15, 0.2) is 25.4 Å². The molecular weight excluding hydrogens is 230 g/mol. The Kier molecular flexibility index (Phi) is 5.95. The van der Waals surface area contributed by atoms with E-state index in [1.807, 2.05) is 12.3 Å². The molecule has 0 amide bonds. The summed E-state index contributed by atoms with van der Waals surface area (Å²) in [5.74, 6) is 0. The Morgan fingerprint density at radius 2 is 2.18 bits per heavy atom. The van der Waals surface area contributed by atoms with Gasteiger partial charge in [0.25, 0.3) is 0 Å². The first-order valence-corrected chi connectivity index (χ1v) is 9.42. The lowest BCUT2D eigenvalue weighted by atomic mass is 10.3. The largest absolute Gasteiger partial charge is 0.410 e. The zero-order valence-electron chi connectivity index (χ0n) is 11.2. The van der Waals surface area contributed by atoms with Crippen molar-refractivity contribution in [3.05, 3.63) is 25.4 Å². The number of hydrogen-bond donors (Lipinski definition) is 0. The lowest BCUT2D eigenvalue weighted by Crippen LogP contribution is -2.44. The number of ether oxygens (including phenoxy) is 1. The molecule has 0 radical (unpaired) electrons. The molecule has 0 spiro atoms. The van der Waals surface area contributed by atoms with Crippen molar-refractivity contribution in [3.63, 3.8) is 0 Å². The van der Waals surface area contributed by atoms with E-state index in [0.717, 1.165) is 26.1 Å². The van der Waals surface area contributed by atoms with Crippen LogP contribution in [0.3, 0.4) is 0 Å². The molecule has 98 valence electrons. The number of nitrogens with zero attached hydrogens (tertiary/aromatic N) is 1. The Bertz CT molecular complexity index is 256. The molecular formula is C13H25NO2Si. The van der Waals surface area contributed by atoms with Crippen molar-refractivity contribution in [1.29, 1.82) is 0 Å². The molecule has 1 rings (SSSR count). The highest BCUT2D eigenvalue weighted by Crippen LogP contribution is 2.19. The molecule has 0 bridgehead atoms. The molecule has 1 aliphatic rings. The maximum Gasteiger partial charge on any atom is 0.187 e. The molecule has 1 heterocycles. The maximum absolute atomic E-state index is 6.25. The van der Waals surface area contributed by atoms with E-state index >= 15 is 0 Å². The third-order valence-electron chi connectivity index (χ3n) is 2.92. The summed E-state index contributed by atoms with van der Waals surface area (Å²) in [7, 11) is -1.51. The van der Waals surface area contributed by atoms with Crippen molar-refractivity contribution >= 4 is 8.32 Å². The average Bonchev–Trinajstić information content (AvgIpc) is 2.24. The van der Waals surface area contributed by atoms with Gasteiger partial charge in [0, 0.05) is 19.7 Å². The zero-order valence-corrected chi connectivity index (χ0v) is 12.2. The minimum atomic E-state index is -1.51. The Balaban J connectivity index is 2.53. The van der Waals surface area contributed by atoms with Crippen LogP contribution >= 0.6 is 0 Å².